The van der Waals surface area contributed by atoms with E-state index in [0.717, 1.165) is 10.2 Å². The molecule has 0 spiro atoms. The molecule has 0 aromatic heterocycles. The van der Waals surface area contributed by atoms with Gasteiger partial charge in [-0.15, -0.1) is 0 Å². The third-order valence-electron chi connectivity index (χ3n) is 1.31. The lowest BCUT2D eigenvalue weighted by molar-refractivity contribution is 1.37. The zero-order chi connectivity index (χ0) is 8.27. The van der Waals surface area contributed by atoms with Crippen molar-refractivity contribution >= 4 is 43.6 Å². The van der Waals surface area contributed by atoms with Gasteiger partial charge in [0.2, 0.25) is 0 Å². The van der Waals surface area contributed by atoms with Gasteiger partial charge in [0, 0.05) is 14.7 Å². The smallest absolute Gasteiger partial charge is 0.0226 e. The Morgan fingerprint density at radius 2 is 2.09 bits per heavy atom. The van der Waals surface area contributed by atoms with Crippen LogP contribution in [0, 0.1) is 0 Å². The van der Waals surface area contributed by atoms with E-state index in [9.17, 15) is 0 Å². The standard InChI is InChI=1S/C8H8Br2S/c1-11-5-6-2-3-7(9)4-8(6)10/h2-4H,5H2,1H3. The molecule has 0 aliphatic rings. The summed E-state index contributed by atoms with van der Waals surface area (Å²) in [6, 6.07) is 6.27. The fourth-order valence-electron chi connectivity index (χ4n) is 0.794. The van der Waals surface area contributed by atoms with Gasteiger partial charge in [-0.1, -0.05) is 37.9 Å². The van der Waals surface area contributed by atoms with Crippen LogP contribution in [0.4, 0.5) is 0 Å². The Morgan fingerprint density at radius 3 is 2.64 bits per heavy atom. The second kappa shape index (κ2) is 4.53. The van der Waals surface area contributed by atoms with Crippen molar-refractivity contribution in [2.75, 3.05) is 6.26 Å². The van der Waals surface area contributed by atoms with Crippen LogP contribution in [0.5, 0.6) is 0 Å². The van der Waals surface area contributed by atoms with E-state index in [1.54, 1.807) is 0 Å². The predicted molar refractivity (Wildman–Crippen MR) is 59.1 cm³/mol. The molecular weight excluding hydrogens is 288 g/mol. The molecule has 0 aliphatic carbocycles. The van der Waals surface area contributed by atoms with E-state index in [4.69, 9.17) is 0 Å². The molecular formula is C8H8Br2S. The predicted octanol–water partition coefficient (Wildman–Crippen LogP) is 4.07. The van der Waals surface area contributed by atoms with Gasteiger partial charge in [0.1, 0.15) is 0 Å². The fraction of sp³-hybridized carbons (Fsp3) is 0.250. The summed E-state index contributed by atoms with van der Waals surface area (Å²) in [6.07, 6.45) is 2.11. The van der Waals surface area contributed by atoms with Crippen molar-refractivity contribution < 1.29 is 0 Å². The lowest BCUT2D eigenvalue weighted by Crippen LogP contribution is -1.81. The second-order valence-corrected chi connectivity index (χ2v) is 4.80. The van der Waals surface area contributed by atoms with Crippen LogP contribution in [0.2, 0.25) is 0 Å². The van der Waals surface area contributed by atoms with Crippen LogP contribution in [-0.4, -0.2) is 6.26 Å². The first kappa shape index (κ1) is 9.62. The molecule has 0 N–H and O–H groups in total. The summed E-state index contributed by atoms with van der Waals surface area (Å²) in [5, 5.41) is 0. The number of rotatable bonds is 2. The molecule has 0 saturated heterocycles. The highest BCUT2D eigenvalue weighted by atomic mass is 79.9. The summed E-state index contributed by atoms with van der Waals surface area (Å²) >= 11 is 8.74. The molecule has 0 heterocycles. The van der Waals surface area contributed by atoms with Gasteiger partial charge in [-0.2, -0.15) is 11.8 Å². The van der Waals surface area contributed by atoms with Crippen molar-refractivity contribution in [3.05, 3.63) is 32.7 Å². The van der Waals surface area contributed by atoms with Crippen molar-refractivity contribution in [1.29, 1.82) is 0 Å². The SMILES string of the molecule is CSCc1ccc(Br)cc1Br. The molecule has 0 bridgehead atoms. The minimum atomic E-state index is 1.06. The molecule has 0 aliphatic heterocycles. The minimum Gasteiger partial charge on any atom is -0.161 e. The monoisotopic (exact) mass is 294 g/mol. The normalized spacial score (nSPS) is 10.1. The van der Waals surface area contributed by atoms with Crippen molar-refractivity contribution in [1.82, 2.24) is 0 Å². The van der Waals surface area contributed by atoms with E-state index in [-0.39, 0.29) is 0 Å². The average molecular weight is 296 g/mol. The minimum absolute atomic E-state index is 1.06. The summed E-state index contributed by atoms with van der Waals surface area (Å²) in [4.78, 5) is 0. The number of thioether (sulfide) groups is 1. The van der Waals surface area contributed by atoms with Crippen LogP contribution in [0.1, 0.15) is 5.56 Å². The van der Waals surface area contributed by atoms with Gasteiger partial charge in [-0.25, -0.2) is 0 Å². The van der Waals surface area contributed by atoms with Gasteiger partial charge in [0.05, 0.1) is 0 Å². The number of benzene rings is 1. The molecule has 1 aromatic carbocycles. The molecule has 0 unspecified atom stereocenters. The highest BCUT2D eigenvalue weighted by Crippen LogP contribution is 2.24. The Hall–Kier alpha value is 0.530. The zero-order valence-electron chi connectivity index (χ0n) is 6.10. The Morgan fingerprint density at radius 1 is 1.36 bits per heavy atom. The summed E-state index contributed by atoms with van der Waals surface area (Å²) in [5.74, 6) is 1.06. The lowest BCUT2D eigenvalue weighted by Gasteiger charge is -2.01. The van der Waals surface area contributed by atoms with E-state index in [2.05, 4.69) is 56.3 Å². The topological polar surface area (TPSA) is 0 Å². The van der Waals surface area contributed by atoms with Crippen LogP contribution in [0.3, 0.4) is 0 Å². The summed E-state index contributed by atoms with van der Waals surface area (Å²) in [5.41, 5.74) is 1.35. The van der Waals surface area contributed by atoms with Crippen LogP contribution >= 0.6 is 43.6 Å². The fourth-order valence-corrected chi connectivity index (χ4v) is 2.73. The van der Waals surface area contributed by atoms with Gasteiger partial charge in [-0.05, 0) is 24.0 Å². The first-order valence-corrected chi connectivity index (χ1v) is 6.15. The van der Waals surface area contributed by atoms with Crippen LogP contribution in [-0.2, 0) is 5.75 Å². The molecule has 1 rings (SSSR count). The first-order chi connectivity index (χ1) is 5.24. The van der Waals surface area contributed by atoms with Crippen LogP contribution < -0.4 is 0 Å². The molecule has 0 saturated carbocycles. The van der Waals surface area contributed by atoms with Gasteiger partial charge in [-0.3, -0.25) is 0 Å². The maximum atomic E-state index is 3.50. The van der Waals surface area contributed by atoms with Gasteiger partial charge in [0.25, 0.3) is 0 Å². The van der Waals surface area contributed by atoms with Crippen LogP contribution in [0.15, 0.2) is 27.1 Å². The molecule has 11 heavy (non-hydrogen) atoms. The lowest BCUT2D eigenvalue weighted by atomic mass is 10.2. The van der Waals surface area contributed by atoms with Crippen LogP contribution in [0.25, 0.3) is 0 Å². The zero-order valence-corrected chi connectivity index (χ0v) is 10.1. The molecule has 0 radical (unpaired) electrons. The summed E-state index contributed by atoms with van der Waals surface area (Å²) in [7, 11) is 0. The van der Waals surface area contributed by atoms with E-state index in [1.165, 1.54) is 10.0 Å². The summed E-state index contributed by atoms with van der Waals surface area (Å²) in [6.45, 7) is 0. The third kappa shape index (κ3) is 2.80. The second-order valence-electron chi connectivity index (χ2n) is 2.17. The van der Waals surface area contributed by atoms with E-state index >= 15 is 0 Å². The Balaban J connectivity index is 2.90. The maximum absolute atomic E-state index is 3.50. The van der Waals surface area contributed by atoms with E-state index in [0.29, 0.717) is 0 Å². The van der Waals surface area contributed by atoms with Gasteiger partial charge < -0.3 is 0 Å². The van der Waals surface area contributed by atoms with Crippen molar-refractivity contribution in [3.63, 3.8) is 0 Å². The number of halogens is 2. The first-order valence-electron chi connectivity index (χ1n) is 3.17. The molecule has 0 amide bonds. The van der Waals surface area contributed by atoms with E-state index in [1.807, 2.05) is 11.8 Å². The average Bonchev–Trinajstić information content (AvgIpc) is 1.95. The largest absolute Gasteiger partial charge is 0.161 e. The Bertz CT molecular complexity index is 248. The molecule has 1 aromatic rings. The number of hydrogen-bond donors (Lipinski definition) is 0. The quantitative estimate of drug-likeness (QED) is 0.792. The molecule has 0 atom stereocenters. The molecule has 60 valence electrons. The highest BCUT2D eigenvalue weighted by molar-refractivity contribution is 9.11. The maximum Gasteiger partial charge on any atom is 0.0226 e. The van der Waals surface area contributed by atoms with Gasteiger partial charge >= 0.3 is 0 Å². The Labute approximate surface area is 88.0 Å². The number of hydrogen-bond acceptors (Lipinski definition) is 1. The van der Waals surface area contributed by atoms with Crippen molar-refractivity contribution in [2.45, 2.75) is 5.75 Å². The molecule has 0 nitrogen and oxygen atoms in total. The summed E-state index contributed by atoms with van der Waals surface area (Å²) < 4.78 is 2.30. The molecule has 3 heteroatoms. The van der Waals surface area contributed by atoms with E-state index < -0.39 is 0 Å². The highest BCUT2D eigenvalue weighted by Gasteiger charge is 1.98. The molecule has 0 fully saturated rings. The van der Waals surface area contributed by atoms with Crippen molar-refractivity contribution in [3.8, 4) is 0 Å². The van der Waals surface area contributed by atoms with Gasteiger partial charge in [0.15, 0.2) is 0 Å². The van der Waals surface area contributed by atoms with Crippen molar-refractivity contribution in [2.24, 2.45) is 0 Å². The third-order valence-corrected chi connectivity index (χ3v) is 3.15. The Kier molecular flexibility index (Phi) is 3.96.